The minimum absolute atomic E-state index is 0.280. The number of nitrogens with zero attached hydrogens (tertiary/aromatic N) is 4. The number of aromatic nitrogens is 5. The molecule has 8 heteroatoms. The van der Waals surface area contributed by atoms with Crippen molar-refractivity contribution in [1.29, 1.82) is 0 Å². The second-order valence-corrected chi connectivity index (χ2v) is 5.72. The maximum Gasteiger partial charge on any atom is 0.328 e. The van der Waals surface area contributed by atoms with Crippen molar-refractivity contribution >= 4 is 11.2 Å². The Labute approximate surface area is 140 Å². The molecule has 25 heavy (non-hydrogen) atoms. The fraction of sp³-hybridized carbons (Fsp3) is 0.118. The zero-order valence-electron chi connectivity index (χ0n) is 13.2. The van der Waals surface area contributed by atoms with Gasteiger partial charge in [-0.15, -0.1) is 0 Å². The zero-order valence-corrected chi connectivity index (χ0v) is 13.2. The molecule has 3 aromatic heterocycles. The Morgan fingerprint density at radius 2 is 1.96 bits per heavy atom. The summed E-state index contributed by atoms with van der Waals surface area (Å²) in [4.78, 5) is 19.1. The Balaban J connectivity index is 1.82. The van der Waals surface area contributed by atoms with Gasteiger partial charge in [-0.25, -0.2) is 18.6 Å². The highest BCUT2D eigenvalue weighted by atomic mass is 19.2. The van der Waals surface area contributed by atoms with Crippen LogP contribution in [0, 0.1) is 11.6 Å². The van der Waals surface area contributed by atoms with Gasteiger partial charge in [-0.05, 0) is 29.8 Å². The van der Waals surface area contributed by atoms with Crippen molar-refractivity contribution in [3.63, 3.8) is 0 Å². The van der Waals surface area contributed by atoms with E-state index in [0.717, 1.165) is 17.8 Å². The van der Waals surface area contributed by atoms with Crippen LogP contribution in [0.4, 0.5) is 8.78 Å². The Hall–Kier alpha value is -3.29. The summed E-state index contributed by atoms with van der Waals surface area (Å²) in [6.07, 6.45) is 3.30. The number of pyridine rings is 1. The van der Waals surface area contributed by atoms with E-state index < -0.39 is 11.6 Å². The number of fused-ring (bicyclic) bond motifs is 1. The molecule has 6 nitrogen and oxygen atoms in total. The average Bonchev–Trinajstić information content (AvgIpc) is 3.13. The van der Waals surface area contributed by atoms with E-state index in [2.05, 4.69) is 15.1 Å². The average molecular weight is 341 g/mol. The highest BCUT2D eigenvalue weighted by Gasteiger charge is 2.12. The first-order chi connectivity index (χ1) is 12.0. The Bertz CT molecular complexity index is 1140. The standard InChI is InChI=1S/C17H13F2N5O/c1-23-5-4-12(22-23)9-24-15-7-11(8-20-16(15)21-17(24)25)10-2-3-13(18)14(19)6-10/h2-8H,9H2,1H3,(H,20,21,25). The van der Waals surface area contributed by atoms with Gasteiger partial charge in [0.2, 0.25) is 0 Å². The molecule has 0 saturated carbocycles. The van der Waals surface area contributed by atoms with Crippen molar-refractivity contribution in [3.05, 3.63) is 70.5 Å². The molecular formula is C17H13F2N5O. The molecule has 0 aliphatic heterocycles. The van der Waals surface area contributed by atoms with Gasteiger partial charge < -0.3 is 0 Å². The van der Waals surface area contributed by atoms with Crippen LogP contribution < -0.4 is 5.69 Å². The van der Waals surface area contributed by atoms with E-state index in [-0.39, 0.29) is 12.2 Å². The third kappa shape index (κ3) is 2.71. The van der Waals surface area contributed by atoms with Crippen LogP contribution in [-0.2, 0) is 13.6 Å². The Morgan fingerprint density at radius 1 is 1.12 bits per heavy atom. The van der Waals surface area contributed by atoms with Gasteiger partial charge in [-0.1, -0.05) is 6.07 Å². The predicted octanol–water partition coefficient (Wildman–Crippen LogP) is 2.45. The van der Waals surface area contributed by atoms with Crippen LogP contribution in [0.2, 0.25) is 0 Å². The van der Waals surface area contributed by atoms with Gasteiger partial charge in [-0.2, -0.15) is 5.10 Å². The molecule has 1 aromatic carbocycles. The SMILES string of the molecule is Cn1ccc(Cn2c(=O)[nH]c3ncc(-c4ccc(F)c(F)c4)cc32)n1. The lowest BCUT2D eigenvalue weighted by Gasteiger charge is -2.04. The van der Waals surface area contributed by atoms with Crippen LogP contribution in [0.1, 0.15) is 5.69 Å². The molecule has 0 bridgehead atoms. The minimum atomic E-state index is -0.933. The fourth-order valence-electron chi connectivity index (χ4n) is 2.73. The van der Waals surface area contributed by atoms with Gasteiger partial charge in [-0.3, -0.25) is 14.2 Å². The lowest BCUT2D eigenvalue weighted by molar-refractivity contribution is 0.509. The number of hydrogen-bond donors (Lipinski definition) is 1. The number of rotatable bonds is 3. The topological polar surface area (TPSA) is 68.5 Å². The molecule has 0 unspecified atom stereocenters. The Morgan fingerprint density at radius 3 is 2.68 bits per heavy atom. The summed E-state index contributed by atoms with van der Waals surface area (Å²) in [6.45, 7) is 0.280. The highest BCUT2D eigenvalue weighted by molar-refractivity contribution is 5.78. The van der Waals surface area contributed by atoms with E-state index in [1.54, 1.807) is 24.0 Å². The van der Waals surface area contributed by atoms with Crippen molar-refractivity contribution < 1.29 is 8.78 Å². The number of aryl methyl sites for hydroxylation is 1. The number of nitrogens with one attached hydrogen (secondary N) is 1. The van der Waals surface area contributed by atoms with Crippen LogP contribution in [0.5, 0.6) is 0 Å². The van der Waals surface area contributed by atoms with E-state index in [1.807, 2.05) is 6.07 Å². The molecule has 4 aromatic rings. The largest absolute Gasteiger partial charge is 0.328 e. The molecule has 0 amide bonds. The van der Waals surface area contributed by atoms with Gasteiger partial charge >= 0.3 is 5.69 Å². The Kier molecular flexibility index (Phi) is 3.45. The summed E-state index contributed by atoms with van der Waals surface area (Å²) in [5.74, 6) is -1.84. The highest BCUT2D eigenvalue weighted by Crippen LogP contribution is 2.23. The summed E-state index contributed by atoms with van der Waals surface area (Å²) in [5.41, 5.74) is 2.47. The van der Waals surface area contributed by atoms with Crippen LogP contribution in [-0.4, -0.2) is 24.3 Å². The quantitative estimate of drug-likeness (QED) is 0.622. The minimum Gasteiger partial charge on any atom is -0.290 e. The first-order valence-corrected chi connectivity index (χ1v) is 7.54. The number of imidazole rings is 1. The third-order valence-corrected chi connectivity index (χ3v) is 3.97. The molecule has 0 saturated heterocycles. The maximum absolute atomic E-state index is 13.5. The second kappa shape index (κ2) is 5.66. The fourth-order valence-corrected chi connectivity index (χ4v) is 2.73. The van der Waals surface area contributed by atoms with Gasteiger partial charge in [0.25, 0.3) is 0 Å². The monoisotopic (exact) mass is 341 g/mol. The molecule has 0 spiro atoms. The smallest absolute Gasteiger partial charge is 0.290 e. The van der Waals surface area contributed by atoms with E-state index in [4.69, 9.17) is 0 Å². The maximum atomic E-state index is 13.5. The van der Waals surface area contributed by atoms with Crippen molar-refractivity contribution in [2.75, 3.05) is 0 Å². The van der Waals surface area contributed by atoms with Crippen LogP contribution in [0.3, 0.4) is 0 Å². The summed E-state index contributed by atoms with van der Waals surface area (Å²) in [6, 6.07) is 7.17. The summed E-state index contributed by atoms with van der Waals surface area (Å²) in [7, 11) is 1.80. The molecule has 1 N–H and O–H groups in total. The van der Waals surface area contributed by atoms with Crippen LogP contribution >= 0.6 is 0 Å². The predicted molar refractivity (Wildman–Crippen MR) is 88.0 cm³/mol. The number of H-pyrrole nitrogens is 1. The molecular weight excluding hydrogens is 328 g/mol. The summed E-state index contributed by atoms with van der Waals surface area (Å²) < 4.78 is 29.8. The molecule has 3 heterocycles. The molecule has 0 radical (unpaired) electrons. The normalized spacial score (nSPS) is 11.3. The van der Waals surface area contributed by atoms with Gasteiger partial charge in [0.1, 0.15) is 0 Å². The van der Waals surface area contributed by atoms with Crippen LogP contribution in [0.25, 0.3) is 22.3 Å². The lowest BCUT2D eigenvalue weighted by atomic mass is 10.1. The van der Waals surface area contributed by atoms with Crippen molar-refractivity contribution in [1.82, 2.24) is 24.3 Å². The van der Waals surface area contributed by atoms with Crippen molar-refractivity contribution in [2.45, 2.75) is 6.54 Å². The molecule has 0 atom stereocenters. The number of halogens is 2. The molecule has 0 fully saturated rings. The van der Waals surface area contributed by atoms with Gasteiger partial charge in [0.05, 0.1) is 17.8 Å². The summed E-state index contributed by atoms with van der Waals surface area (Å²) >= 11 is 0. The summed E-state index contributed by atoms with van der Waals surface area (Å²) in [5, 5.41) is 4.27. The van der Waals surface area contributed by atoms with E-state index in [1.165, 1.54) is 16.8 Å². The van der Waals surface area contributed by atoms with E-state index >= 15 is 0 Å². The van der Waals surface area contributed by atoms with Crippen LogP contribution in [0.15, 0.2) is 47.5 Å². The van der Waals surface area contributed by atoms with Gasteiger partial charge in [0.15, 0.2) is 17.3 Å². The molecule has 126 valence electrons. The number of aromatic amines is 1. The zero-order chi connectivity index (χ0) is 17.6. The third-order valence-electron chi connectivity index (χ3n) is 3.97. The number of benzene rings is 1. The van der Waals surface area contributed by atoms with Gasteiger partial charge in [0, 0.05) is 25.0 Å². The first kappa shape index (κ1) is 15.3. The van der Waals surface area contributed by atoms with E-state index in [0.29, 0.717) is 22.3 Å². The van der Waals surface area contributed by atoms with Crippen molar-refractivity contribution in [2.24, 2.45) is 7.05 Å². The molecule has 4 rings (SSSR count). The first-order valence-electron chi connectivity index (χ1n) is 7.54. The second-order valence-electron chi connectivity index (χ2n) is 5.72. The van der Waals surface area contributed by atoms with E-state index in [9.17, 15) is 13.6 Å². The number of hydrogen-bond acceptors (Lipinski definition) is 3. The lowest BCUT2D eigenvalue weighted by Crippen LogP contribution is -2.17. The van der Waals surface area contributed by atoms with Crippen molar-refractivity contribution in [3.8, 4) is 11.1 Å². The molecule has 0 aliphatic carbocycles. The molecule has 0 aliphatic rings.